The average molecular weight is 434 g/mol. The molecular weight excluding hydrogens is 410 g/mol. The van der Waals surface area contributed by atoms with Crippen LogP contribution >= 0.6 is 11.8 Å². The zero-order valence-electron chi connectivity index (χ0n) is 17.6. The molecule has 0 aliphatic rings. The predicted molar refractivity (Wildman–Crippen MR) is 121 cm³/mol. The Morgan fingerprint density at radius 3 is 2.81 bits per heavy atom. The van der Waals surface area contributed by atoms with E-state index in [-0.39, 0.29) is 11.7 Å². The Morgan fingerprint density at radius 2 is 2.03 bits per heavy atom. The average Bonchev–Trinajstić information content (AvgIpc) is 3.12. The van der Waals surface area contributed by atoms with Crippen molar-refractivity contribution in [1.82, 2.24) is 24.9 Å². The number of ether oxygens (including phenoxy) is 1. The molecule has 1 N–H and O–H groups in total. The van der Waals surface area contributed by atoms with Crippen molar-refractivity contribution in [2.75, 3.05) is 12.9 Å². The van der Waals surface area contributed by atoms with E-state index < -0.39 is 0 Å². The summed E-state index contributed by atoms with van der Waals surface area (Å²) in [6, 6.07) is 13.6. The first-order valence-corrected chi connectivity index (χ1v) is 10.8. The van der Waals surface area contributed by atoms with Gasteiger partial charge in [-0.3, -0.25) is 9.78 Å². The number of rotatable bonds is 7. The highest BCUT2D eigenvalue weighted by atomic mass is 32.2. The number of para-hydroxylation sites is 1. The van der Waals surface area contributed by atoms with Crippen LogP contribution in [0.5, 0.6) is 5.75 Å². The summed E-state index contributed by atoms with van der Waals surface area (Å²) in [4.78, 5) is 21.2. The normalized spacial score (nSPS) is 10.9. The van der Waals surface area contributed by atoms with Gasteiger partial charge < -0.3 is 10.1 Å². The van der Waals surface area contributed by atoms with Gasteiger partial charge in [0.05, 0.1) is 24.1 Å². The molecule has 0 radical (unpaired) electrons. The molecule has 0 fully saturated rings. The van der Waals surface area contributed by atoms with Gasteiger partial charge in [0.2, 0.25) is 5.91 Å². The summed E-state index contributed by atoms with van der Waals surface area (Å²) in [5, 5.41) is 8.51. The van der Waals surface area contributed by atoms with Gasteiger partial charge in [-0.1, -0.05) is 36.0 Å². The van der Waals surface area contributed by atoms with E-state index in [1.54, 1.807) is 19.5 Å². The molecule has 0 unspecified atom stereocenters. The van der Waals surface area contributed by atoms with Crippen LogP contribution < -0.4 is 10.1 Å². The molecule has 0 aliphatic carbocycles. The van der Waals surface area contributed by atoms with Crippen LogP contribution in [0.1, 0.15) is 17.0 Å². The lowest BCUT2D eigenvalue weighted by Crippen LogP contribution is -2.24. The number of hydrogen-bond acceptors (Lipinski definition) is 6. The van der Waals surface area contributed by atoms with Gasteiger partial charge in [0.25, 0.3) is 0 Å². The van der Waals surface area contributed by atoms with Crippen molar-refractivity contribution < 1.29 is 9.53 Å². The molecule has 0 atom stereocenters. The molecule has 31 heavy (non-hydrogen) atoms. The number of carbonyl (C=O) groups excluding carboxylic acids is 1. The maximum atomic E-state index is 12.4. The van der Waals surface area contributed by atoms with Crippen molar-refractivity contribution in [2.24, 2.45) is 0 Å². The number of benzene rings is 1. The number of aromatic nitrogens is 4. The number of aryl methyl sites for hydroxylation is 2. The largest absolute Gasteiger partial charge is 0.496 e. The first-order chi connectivity index (χ1) is 15.1. The van der Waals surface area contributed by atoms with E-state index in [1.165, 1.54) is 11.8 Å². The molecule has 0 aliphatic heterocycles. The van der Waals surface area contributed by atoms with Gasteiger partial charge in [0.15, 0.2) is 5.65 Å². The van der Waals surface area contributed by atoms with Crippen LogP contribution in [0.15, 0.2) is 59.9 Å². The number of hydrogen-bond donors (Lipinski definition) is 1. The summed E-state index contributed by atoms with van der Waals surface area (Å²) < 4.78 is 7.36. The number of fused-ring (bicyclic) bond motifs is 1. The van der Waals surface area contributed by atoms with Crippen molar-refractivity contribution in [3.05, 3.63) is 71.8 Å². The number of thioether (sulfide) groups is 1. The number of methoxy groups -OCH3 is 1. The highest BCUT2D eigenvalue weighted by Gasteiger charge is 2.19. The van der Waals surface area contributed by atoms with Gasteiger partial charge >= 0.3 is 0 Å². The van der Waals surface area contributed by atoms with Crippen molar-refractivity contribution in [2.45, 2.75) is 25.4 Å². The third-order valence-corrected chi connectivity index (χ3v) is 5.79. The first-order valence-electron chi connectivity index (χ1n) is 9.85. The maximum Gasteiger partial charge on any atom is 0.230 e. The standard InChI is InChI=1S/C23H23N5O2S/c1-15-11-21(31-14-20(29)25-13-17-7-6-10-24-12-17)28-23(26-15)22(16(2)27-28)18-8-4-5-9-19(18)30-3/h4-12H,13-14H2,1-3H3,(H,25,29). The second kappa shape index (κ2) is 9.18. The van der Waals surface area contributed by atoms with E-state index in [2.05, 4.69) is 10.3 Å². The number of carbonyl (C=O) groups is 1. The summed E-state index contributed by atoms with van der Waals surface area (Å²) >= 11 is 1.44. The van der Waals surface area contributed by atoms with Crippen LogP contribution in [0, 0.1) is 13.8 Å². The quantitative estimate of drug-likeness (QED) is 0.352. The lowest BCUT2D eigenvalue weighted by atomic mass is 10.1. The Bertz CT molecular complexity index is 1220. The van der Waals surface area contributed by atoms with Gasteiger partial charge in [-0.05, 0) is 37.6 Å². The zero-order chi connectivity index (χ0) is 21.8. The third-order valence-electron chi connectivity index (χ3n) is 4.80. The minimum Gasteiger partial charge on any atom is -0.496 e. The first kappa shape index (κ1) is 20.9. The summed E-state index contributed by atoms with van der Waals surface area (Å²) in [5.41, 5.74) is 5.31. The van der Waals surface area contributed by atoms with E-state index >= 15 is 0 Å². The molecule has 7 nitrogen and oxygen atoms in total. The Hall–Kier alpha value is -3.39. The molecule has 4 rings (SSSR count). The van der Waals surface area contributed by atoms with Crippen LogP contribution in [0.2, 0.25) is 0 Å². The summed E-state index contributed by atoms with van der Waals surface area (Å²) in [7, 11) is 1.66. The molecule has 3 aromatic heterocycles. The van der Waals surface area contributed by atoms with E-state index in [4.69, 9.17) is 14.8 Å². The van der Waals surface area contributed by atoms with Gasteiger partial charge in [0, 0.05) is 30.2 Å². The Morgan fingerprint density at radius 1 is 1.19 bits per heavy atom. The number of nitrogens with one attached hydrogen (secondary N) is 1. The van der Waals surface area contributed by atoms with Crippen molar-refractivity contribution in [3.63, 3.8) is 0 Å². The molecule has 0 spiro atoms. The number of nitrogens with zero attached hydrogens (tertiary/aromatic N) is 4. The summed E-state index contributed by atoms with van der Waals surface area (Å²) in [6.45, 7) is 4.36. The Kier molecular flexibility index (Phi) is 6.18. The molecule has 0 bridgehead atoms. The Balaban J connectivity index is 1.58. The molecule has 1 amide bonds. The van der Waals surface area contributed by atoms with Crippen LogP contribution in [-0.4, -0.2) is 38.4 Å². The van der Waals surface area contributed by atoms with Crippen LogP contribution in [0.4, 0.5) is 0 Å². The molecule has 4 aromatic rings. The topological polar surface area (TPSA) is 81.4 Å². The minimum absolute atomic E-state index is 0.0506. The highest BCUT2D eigenvalue weighted by molar-refractivity contribution is 7.99. The Labute approximate surface area is 184 Å². The molecule has 0 saturated heterocycles. The van der Waals surface area contributed by atoms with Crippen molar-refractivity contribution in [1.29, 1.82) is 0 Å². The molecule has 1 aromatic carbocycles. The number of pyridine rings is 1. The smallest absolute Gasteiger partial charge is 0.230 e. The molecule has 8 heteroatoms. The van der Waals surface area contributed by atoms with Crippen LogP contribution in [0.25, 0.3) is 16.8 Å². The highest BCUT2D eigenvalue weighted by Crippen LogP contribution is 2.35. The number of amides is 1. The zero-order valence-corrected chi connectivity index (χ0v) is 18.4. The predicted octanol–water partition coefficient (Wildman–Crippen LogP) is 3.83. The molecular formula is C23H23N5O2S. The molecule has 158 valence electrons. The van der Waals surface area contributed by atoms with E-state index in [9.17, 15) is 4.79 Å². The lowest BCUT2D eigenvalue weighted by molar-refractivity contribution is -0.118. The fraction of sp³-hybridized carbons (Fsp3) is 0.217. The fourth-order valence-corrected chi connectivity index (χ4v) is 4.26. The van der Waals surface area contributed by atoms with Crippen LogP contribution in [-0.2, 0) is 11.3 Å². The SMILES string of the molecule is COc1ccccc1-c1c(C)nn2c(SCC(=O)NCc3cccnc3)cc(C)nc12. The van der Waals surface area contributed by atoms with Gasteiger partial charge in [-0.25, -0.2) is 9.50 Å². The van der Waals surface area contributed by atoms with Gasteiger partial charge in [-0.15, -0.1) is 0 Å². The third kappa shape index (κ3) is 4.54. The fourth-order valence-electron chi connectivity index (χ4n) is 3.37. The van der Waals surface area contributed by atoms with Crippen molar-refractivity contribution in [3.8, 4) is 16.9 Å². The lowest BCUT2D eigenvalue weighted by Gasteiger charge is -2.09. The second-order valence-electron chi connectivity index (χ2n) is 7.06. The van der Waals surface area contributed by atoms with E-state index in [0.29, 0.717) is 6.54 Å². The second-order valence-corrected chi connectivity index (χ2v) is 8.05. The van der Waals surface area contributed by atoms with Crippen molar-refractivity contribution >= 4 is 23.3 Å². The summed E-state index contributed by atoms with van der Waals surface area (Å²) in [5.74, 6) is 1.000. The van der Waals surface area contributed by atoms with E-state index in [0.717, 1.165) is 44.5 Å². The van der Waals surface area contributed by atoms with E-state index in [1.807, 2.05) is 60.8 Å². The monoisotopic (exact) mass is 433 g/mol. The van der Waals surface area contributed by atoms with Gasteiger partial charge in [0.1, 0.15) is 10.8 Å². The molecule has 3 heterocycles. The molecule has 0 saturated carbocycles. The van der Waals surface area contributed by atoms with Crippen LogP contribution in [0.3, 0.4) is 0 Å². The maximum absolute atomic E-state index is 12.4. The van der Waals surface area contributed by atoms with Gasteiger partial charge in [-0.2, -0.15) is 5.10 Å². The summed E-state index contributed by atoms with van der Waals surface area (Å²) in [6.07, 6.45) is 3.46. The minimum atomic E-state index is -0.0506.